The smallest absolute Gasteiger partial charge is 0.161 e. The zero-order valence-electron chi connectivity index (χ0n) is 21.3. The van der Waals surface area contributed by atoms with Crippen LogP contribution in [0.3, 0.4) is 0 Å². The van der Waals surface area contributed by atoms with Crippen molar-refractivity contribution in [2.45, 2.75) is 58.9 Å². The number of nitrogens with zero attached hydrogens (tertiary/aromatic N) is 2. The lowest BCUT2D eigenvalue weighted by molar-refractivity contribution is -0.113. The molecule has 5 heteroatoms. The minimum Gasteiger partial charge on any atom is -0.497 e. The second-order valence-corrected chi connectivity index (χ2v) is 8.27. The molecule has 1 unspecified atom stereocenters. The number of ether oxygens (including phenoxy) is 1. The molecule has 0 saturated carbocycles. The fraction of sp³-hybridized carbons (Fsp3) is 0.379. The highest BCUT2D eigenvalue weighted by Gasteiger charge is 2.12. The van der Waals surface area contributed by atoms with E-state index in [-0.39, 0.29) is 5.78 Å². The number of ketones is 1. The van der Waals surface area contributed by atoms with E-state index in [1.54, 1.807) is 37.6 Å². The Labute approximate surface area is 205 Å². The summed E-state index contributed by atoms with van der Waals surface area (Å²) in [4.78, 5) is 14.0. The fourth-order valence-electron chi connectivity index (χ4n) is 3.35. The summed E-state index contributed by atoms with van der Waals surface area (Å²) in [5.41, 5.74) is 9.21. The third-order valence-corrected chi connectivity index (χ3v) is 5.46. The van der Waals surface area contributed by atoms with Gasteiger partial charge in [-0.3, -0.25) is 4.79 Å². The standard InChI is InChI=1S/C21H20N2O2.C8H19N/c1-15(18-7-5-17(13-22)6-8-18)21(16(2)24)14-23(3)19-9-11-20(25-4)12-10-19;1-3-5-7-8(9)6-4-2/h5-12,14H,1H2,2-4H3;8H,3-7,9H2,1-2H3/b21-14+;. The van der Waals surface area contributed by atoms with Gasteiger partial charge in [0.05, 0.1) is 18.7 Å². The van der Waals surface area contributed by atoms with E-state index in [0.717, 1.165) is 17.0 Å². The molecular formula is C29H39N3O2. The number of benzene rings is 2. The maximum atomic E-state index is 12.1. The van der Waals surface area contributed by atoms with Crippen molar-refractivity contribution in [3.63, 3.8) is 0 Å². The Morgan fingerprint density at radius 2 is 1.74 bits per heavy atom. The molecule has 0 aliphatic heterocycles. The largest absolute Gasteiger partial charge is 0.497 e. The minimum absolute atomic E-state index is 0.0743. The van der Waals surface area contributed by atoms with Crippen molar-refractivity contribution in [3.05, 3.63) is 78.0 Å². The molecular weight excluding hydrogens is 422 g/mol. The van der Waals surface area contributed by atoms with Crippen LogP contribution in [0.2, 0.25) is 0 Å². The molecule has 0 aliphatic carbocycles. The predicted molar refractivity (Wildman–Crippen MR) is 143 cm³/mol. The summed E-state index contributed by atoms with van der Waals surface area (Å²) in [7, 11) is 3.49. The van der Waals surface area contributed by atoms with E-state index in [9.17, 15) is 4.79 Å². The first-order valence-corrected chi connectivity index (χ1v) is 11.8. The van der Waals surface area contributed by atoms with Crippen molar-refractivity contribution in [1.29, 1.82) is 5.26 Å². The number of Topliss-reactive ketones (excluding diaryl/α,β-unsaturated/α-hetero) is 1. The van der Waals surface area contributed by atoms with Crippen LogP contribution in [0.5, 0.6) is 5.75 Å². The second-order valence-electron chi connectivity index (χ2n) is 8.27. The molecule has 2 rings (SSSR count). The van der Waals surface area contributed by atoms with Crippen LogP contribution in [0.4, 0.5) is 5.69 Å². The molecule has 0 heterocycles. The van der Waals surface area contributed by atoms with Crippen molar-refractivity contribution in [2.75, 3.05) is 19.1 Å². The minimum atomic E-state index is -0.0743. The quantitative estimate of drug-likeness (QED) is 0.305. The Bertz CT molecular complexity index is 970. The van der Waals surface area contributed by atoms with Gasteiger partial charge in [-0.25, -0.2) is 0 Å². The third kappa shape index (κ3) is 9.64. The van der Waals surface area contributed by atoms with Crippen LogP contribution in [0.25, 0.3) is 5.57 Å². The van der Waals surface area contributed by atoms with Crippen LogP contribution in [-0.4, -0.2) is 26.0 Å². The normalized spacial score (nSPS) is 11.5. The molecule has 5 nitrogen and oxygen atoms in total. The zero-order chi connectivity index (χ0) is 25.5. The average molecular weight is 462 g/mol. The van der Waals surface area contributed by atoms with Gasteiger partial charge in [-0.2, -0.15) is 5.26 Å². The lowest BCUT2D eigenvalue weighted by Crippen LogP contribution is -2.18. The van der Waals surface area contributed by atoms with Gasteiger partial charge < -0.3 is 15.4 Å². The highest BCUT2D eigenvalue weighted by molar-refractivity contribution is 6.08. The second kappa shape index (κ2) is 15.5. The number of hydrogen-bond acceptors (Lipinski definition) is 5. The average Bonchev–Trinajstić information content (AvgIpc) is 2.86. The Kier molecular flexibility index (Phi) is 13.0. The summed E-state index contributed by atoms with van der Waals surface area (Å²) in [6.07, 6.45) is 7.97. The van der Waals surface area contributed by atoms with E-state index in [1.807, 2.05) is 36.2 Å². The third-order valence-electron chi connectivity index (χ3n) is 5.46. The molecule has 2 aromatic carbocycles. The molecule has 0 fully saturated rings. The molecule has 0 spiro atoms. The maximum absolute atomic E-state index is 12.1. The number of allylic oxidation sites excluding steroid dienone is 2. The summed E-state index contributed by atoms with van der Waals surface area (Å²) in [5.74, 6) is 0.699. The highest BCUT2D eigenvalue weighted by Crippen LogP contribution is 2.25. The van der Waals surface area contributed by atoms with E-state index < -0.39 is 0 Å². The molecule has 0 amide bonds. The lowest BCUT2D eigenvalue weighted by atomic mass is 9.96. The predicted octanol–water partition coefficient (Wildman–Crippen LogP) is 6.49. The summed E-state index contributed by atoms with van der Waals surface area (Å²) in [6, 6.07) is 17.1. The Hall–Kier alpha value is -3.36. The van der Waals surface area contributed by atoms with E-state index in [2.05, 4.69) is 26.5 Å². The van der Waals surface area contributed by atoms with Gasteiger partial charge in [0.1, 0.15) is 5.75 Å². The molecule has 1 atom stereocenters. The van der Waals surface area contributed by atoms with Crippen molar-refractivity contribution < 1.29 is 9.53 Å². The lowest BCUT2D eigenvalue weighted by Gasteiger charge is -2.18. The van der Waals surface area contributed by atoms with Crippen molar-refractivity contribution >= 4 is 17.0 Å². The monoisotopic (exact) mass is 461 g/mol. The molecule has 2 aromatic rings. The van der Waals surface area contributed by atoms with E-state index in [0.29, 0.717) is 22.8 Å². The van der Waals surface area contributed by atoms with Crippen LogP contribution in [0, 0.1) is 11.3 Å². The van der Waals surface area contributed by atoms with Gasteiger partial charge >= 0.3 is 0 Å². The van der Waals surface area contributed by atoms with Crippen LogP contribution < -0.4 is 15.4 Å². The van der Waals surface area contributed by atoms with Crippen molar-refractivity contribution in [2.24, 2.45) is 5.73 Å². The van der Waals surface area contributed by atoms with Gasteiger partial charge in [-0.15, -0.1) is 0 Å². The summed E-state index contributed by atoms with van der Waals surface area (Å²) in [5, 5.41) is 8.89. The van der Waals surface area contributed by atoms with Crippen molar-refractivity contribution in [1.82, 2.24) is 0 Å². The van der Waals surface area contributed by atoms with E-state index in [1.165, 1.54) is 39.0 Å². The zero-order valence-corrected chi connectivity index (χ0v) is 21.3. The number of unbranched alkanes of at least 4 members (excludes halogenated alkanes) is 1. The van der Waals surface area contributed by atoms with Gasteiger partial charge in [0, 0.05) is 30.5 Å². The Morgan fingerprint density at radius 3 is 2.21 bits per heavy atom. The molecule has 0 bridgehead atoms. The van der Waals surface area contributed by atoms with Gasteiger partial charge in [0.25, 0.3) is 0 Å². The van der Waals surface area contributed by atoms with Crippen LogP contribution >= 0.6 is 0 Å². The number of rotatable bonds is 11. The molecule has 0 aliphatic rings. The number of hydrogen-bond donors (Lipinski definition) is 1. The summed E-state index contributed by atoms with van der Waals surface area (Å²) >= 11 is 0. The van der Waals surface area contributed by atoms with E-state index in [4.69, 9.17) is 15.7 Å². The molecule has 182 valence electrons. The SMILES string of the molecule is C=C(/C(=C\N(C)c1ccc(OC)cc1)C(C)=O)c1ccc(C#N)cc1.CCCCC(N)CCC. The van der Waals surface area contributed by atoms with Gasteiger partial charge in [-0.1, -0.05) is 51.8 Å². The number of carbonyl (C=O) groups excluding carboxylic acids is 1. The summed E-state index contributed by atoms with van der Waals surface area (Å²) < 4.78 is 5.16. The molecule has 0 aromatic heterocycles. The van der Waals surface area contributed by atoms with Crippen molar-refractivity contribution in [3.8, 4) is 11.8 Å². The van der Waals surface area contributed by atoms with Gasteiger partial charge in [0.2, 0.25) is 0 Å². The molecule has 2 N–H and O–H groups in total. The van der Waals surface area contributed by atoms with Crippen LogP contribution in [0.15, 0.2) is 66.9 Å². The number of nitrogens with two attached hydrogens (primary N) is 1. The number of nitriles is 1. The van der Waals surface area contributed by atoms with Gasteiger partial charge in [-0.05, 0) is 67.3 Å². The summed E-state index contributed by atoms with van der Waals surface area (Å²) in [6.45, 7) is 9.97. The Morgan fingerprint density at radius 1 is 1.12 bits per heavy atom. The first-order chi connectivity index (χ1) is 16.3. The topological polar surface area (TPSA) is 79.3 Å². The Balaban J connectivity index is 0.000000546. The van der Waals surface area contributed by atoms with Crippen LogP contribution in [-0.2, 0) is 4.79 Å². The number of anilines is 1. The highest BCUT2D eigenvalue weighted by atomic mass is 16.5. The fourth-order valence-corrected chi connectivity index (χ4v) is 3.35. The van der Waals surface area contributed by atoms with E-state index >= 15 is 0 Å². The molecule has 0 saturated heterocycles. The maximum Gasteiger partial charge on any atom is 0.161 e. The first-order valence-electron chi connectivity index (χ1n) is 11.8. The first kappa shape index (κ1) is 28.7. The van der Waals surface area contributed by atoms with Crippen LogP contribution in [0.1, 0.15) is 64.0 Å². The molecule has 34 heavy (non-hydrogen) atoms. The number of methoxy groups -OCH3 is 1. The van der Waals surface area contributed by atoms with Gasteiger partial charge in [0.15, 0.2) is 5.78 Å². The molecule has 0 radical (unpaired) electrons. The number of carbonyl (C=O) groups is 1.